The van der Waals surface area contributed by atoms with Crippen LogP contribution in [0.3, 0.4) is 0 Å². The Labute approximate surface area is 460 Å². The van der Waals surface area contributed by atoms with Crippen molar-refractivity contribution in [2.75, 3.05) is 89.8 Å². The topological polar surface area (TPSA) is 435 Å². The van der Waals surface area contributed by atoms with Crippen LogP contribution in [-0.2, 0) is 52.6 Å². The highest BCUT2D eigenvalue weighted by molar-refractivity contribution is 8.04. The van der Waals surface area contributed by atoms with E-state index in [1.807, 2.05) is 0 Å². The van der Waals surface area contributed by atoms with Gasteiger partial charge in [-0.3, -0.25) is 13.6 Å². The molecule has 0 saturated carbocycles. The van der Waals surface area contributed by atoms with Crippen molar-refractivity contribution in [2.45, 2.75) is 49.0 Å². The Hall–Kier alpha value is -8.97. The number of nitrogen functional groups attached to an aromatic ring is 1. The number of hydrogen-bond acceptors (Lipinski definition) is 28. The fourth-order valence-electron chi connectivity index (χ4n) is 5.32. The number of aromatic amines is 1. The van der Waals surface area contributed by atoms with E-state index in [9.17, 15) is 28.2 Å². The maximum Gasteiger partial charge on any atom is 0.391 e. The van der Waals surface area contributed by atoms with Gasteiger partial charge in [-0.2, -0.15) is 14.4 Å². The van der Waals surface area contributed by atoms with Crippen molar-refractivity contribution in [1.29, 1.82) is 0 Å². The molecule has 5 aromatic rings. The highest BCUT2D eigenvalue weighted by atomic mass is 35.7. The number of hydrogen-bond donors (Lipinski definition) is 5. The van der Waals surface area contributed by atoms with Crippen molar-refractivity contribution >= 4 is 74.2 Å². The molecule has 0 radical (unpaired) electrons. The normalized spacial score (nSPS) is 12.1. The average molecular weight is 1190 g/mol. The second-order valence-corrected chi connectivity index (χ2v) is 14.9. The number of amides is 2. The number of nitrogens with one attached hydrogen (secondary N) is 4. The number of H-pyrrole nitrogens is 1. The molecule has 0 fully saturated rings. The van der Waals surface area contributed by atoms with Crippen LogP contribution in [0, 0.1) is 0 Å². The lowest BCUT2D eigenvalue weighted by molar-refractivity contribution is 0.0656. The van der Waals surface area contributed by atoms with E-state index in [-0.39, 0.29) is 65.3 Å². The molecule has 7 heterocycles. The molecule has 0 bridgehead atoms. The van der Waals surface area contributed by atoms with Gasteiger partial charge in [0.2, 0.25) is 0 Å². The van der Waals surface area contributed by atoms with Crippen molar-refractivity contribution < 1.29 is 72.2 Å². The summed E-state index contributed by atoms with van der Waals surface area (Å²) in [5, 5.41) is 39.2. The van der Waals surface area contributed by atoms with Crippen LogP contribution in [0.1, 0.15) is 61.5 Å². The van der Waals surface area contributed by atoms with Gasteiger partial charge in [-0.05, 0) is 51.9 Å². The summed E-state index contributed by atoms with van der Waals surface area (Å²) in [6.07, 6.45) is 4.13. The van der Waals surface area contributed by atoms with Gasteiger partial charge in [0, 0.05) is 31.4 Å². The number of halogens is 2. The molecule has 7 rings (SSSR count). The largest absolute Gasteiger partial charge is 0.471 e. The van der Waals surface area contributed by atoms with E-state index < -0.39 is 39.4 Å². The van der Waals surface area contributed by atoms with E-state index in [2.05, 4.69) is 77.0 Å². The summed E-state index contributed by atoms with van der Waals surface area (Å²) in [6, 6.07) is -1.67. The zero-order chi connectivity index (χ0) is 57.6. The molecule has 79 heavy (non-hydrogen) atoms. The number of aryl methyl sites for hydroxylation is 2. The van der Waals surface area contributed by atoms with Gasteiger partial charge < -0.3 is 69.6 Å². The monoisotopic (exact) mass is 1190 g/mol. The molecule has 2 amide bonds. The van der Waals surface area contributed by atoms with Gasteiger partial charge in [0.1, 0.15) is 55.8 Å². The van der Waals surface area contributed by atoms with Gasteiger partial charge in [0.15, 0.2) is 13.2 Å². The van der Waals surface area contributed by atoms with Crippen LogP contribution < -0.4 is 67.5 Å². The van der Waals surface area contributed by atoms with Crippen LogP contribution in [-0.4, -0.2) is 176 Å². The summed E-state index contributed by atoms with van der Waals surface area (Å²) < 4.78 is 46.2. The predicted octanol–water partition coefficient (Wildman–Crippen LogP) is -1.31. The molecular formula is C38H62Cl2N20O18S. The first-order valence-electron chi connectivity index (χ1n) is 22.6. The number of oxime groups is 2. The van der Waals surface area contributed by atoms with Crippen LogP contribution >= 0.6 is 22.3 Å². The molecule has 1 atom stereocenters. The van der Waals surface area contributed by atoms with Crippen LogP contribution in [0.5, 0.6) is 18.0 Å². The predicted molar refractivity (Wildman–Crippen MR) is 278 cm³/mol. The number of ether oxygens (including phenoxy) is 5. The maximum atomic E-state index is 12.4. The van der Waals surface area contributed by atoms with E-state index in [1.165, 1.54) is 0 Å². The summed E-state index contributed by atoms with van der Waals surface area (Å²) in [6.45, 7) is 13.9. The van der Waals surface area contributed by atoms with Gasteiger partial charge >= 0.3 is 57.5 Å². The zero-order valence-corrected chi connectivity index (χ0v) is 45.3. The van der Waals surface area contributed by atoms with Crippen LogP contribution in [0.4, 0.5) is 21.2 Å². The van der Waals surface area contributed by atoms with Gasteiger partial charge in [-0.15, -0.1) is 36.3 Å². The Balaban J connectivity index is 0.000000538. The number of rotatable bonds is 20. The maximum absolute atomic E-state index is 12.4. The second kappa shape index (κ2) is 35.4. The van der Waals surface area contributed by atoms with Gasteiger partial charge in [0.25, 0.3) is 17.9 Å². The molecule has 0 aromatic carbocycles. The van der Waals surface area contributed by atoms with Gasteiger partial charge in [0.05, 0.1) is 44.9 Å². The summed E-state index contributed by atoms with van der Waals surface area (Å²) >= 11 is 5.32. The minimum absolute atomic E-state index is 0. The van der Waals surface area contributed by atoms with Gasteiger partial charge in [-0.1, -0.05) is 21.6 Å². The minimum Gasteiger partial charge on any atom is -0.471 e. The number of carbonyl (C=O) groups excluding carboxylic acids is 3. The summed E-state index contributed by atoms with van der Waals surface area (Å²) in [7, 11) is 6.07. The highest BCUT2D eigenvalue weighted by Crippen LogP contribution is 2.17. The third-order valence-electron chi connectivity index (χ3n) is 8.37. The van der Waals surface area contributed by atoms with Crippen molar-refractivity contribution in [2.24, 2.45) is 29.6 Å². The molecular weight excluding hydrogens is 1130 g/mol. The number of anilines is 2. The molecule has 2 aliphatic rings. The second-order valence-electron chi connectivity index (χ2n) is 13.4. The van der Waals surface area contributed by atoms with E-state index in [1.54, 1.807) is 77.4 Å². The average Bonchev–Trinajstić information content (AvgIpc) is 4.24. The molecule has 0 aliphatic carbocycles. The summed E-state index contributed by atoms with van der Waals surface area (Å²) in [4.78, 5) is 92.9. The molecule has 0 spiro atoms. The molecule has 0 saturated heterocycles. The van der Waals surface area contributed by atoms with Crippen molar-refractivity contribution in [1.82, 2.24) is 74.1 Å². The van der Waals surface area contributed by atoms with E-state index in [4.69, 9.17) is 70.0 Å². The van der Waals surface area contributed by atoms with Gasteiger partial charge in [-0.25, -0.2) is 33.9 Å². The first-order chi connectivity index (χ1) is 37.6. The SMILES string of the molecule is C.CCOc1n[nH]c(=O)n1OCC.CCOc1nn(C(=O)NCCl)c(=O)n1OCC.CCOc1nn(C(=O)NCNc2c(C3=NOCCO3)cnn2C)c(=O)n1OCC.Cn1ncc(C2=NOCCO2)c1N.O=C=NOS(=O)Cl.[HH]. The Morgan fingerprint density at radius 1 is 0.759 bits per heavy atom. The molecule has 41 heteroatoms. The molecule has 2 aliphatic heterocycles. The summed E-state index contributed by atoms with van der Waals surface area (Å²) in [5.74, 6) is 1.74. The van der Waals surface area contributed by atoms with E-state index >= 15 is 0 Å². The molecule has 5 aromatic heterocycles. The molecule has 38 nitrogen and oxygen atoms in total. The van der Waals surface area contributed by atoms with E-state index in [0.717, 1.165) is 20.3 Å². The van der Waals surface area contributed by atoms with Crippen molar-refractivity contribution in [3.8, 4) is 18.0 Å². The fraction of sp³-hybridized carbons (Fsp3) is 0.553. The standard InChI is InChI=1S/C15H22N8O6.C8H13ClN4O4.C7H10N4O2.C6H11N3O3.CClNO3S.CH4.H2/c1-4-26-14-19-22(15(25)23(14)29-5-2)13(24)17-9-16-11-10(8-18-21(11)3)12-20-28-7-6-27-12;1-3-16-7-11-12(6(14)10-5-9)8(15)13(7)17-4-2;1-11-6(8)5(4-9-11)7-10-13-3-2-12-7;1-3-11-6-8-7-5(10)9(6)12-4-2;2-7(5)6-3-1-4;;/h8,16H,4-7,9H2,1-3H3,(H,17,24);3-5H2,1-2H3,(H,10,14);4H,2-3,8H2,1H3;3-4H2,1-2H3,(H,7,10);;1H4;1H. The minimum atomic E-state index is -2.02. The number of nitrogens with two attached hydrogens (primary N) is 1. The van der Waals surface area contributed by atoms with Crippen molar-refractivity contribution in [3.05, 3.63) is 55.0 Å². The summed E-state index contributed by atoms with van der Waals surface area (Å²) in [5.41, 5.74) is 4.99. The lowest BCUT2D eigenvalue weighted by Gasteiger charge is -2.15. The number of isocyanates is 1. The van der Waals surface area contributed by atoms with Crippen LogP contribution in [0.25, 0.3) is 0 Å². The number of carbonyl (C=O) groups is 2. The van der Waals surface area contributed by atoms with E-state index in [0.29, 0.717) is 84.3 Å². The van der Waals surface area contributed by atoms with Crippen molar-refractivity contribution in [3.63, 3.8) is 0 Å². The fourth-order valence-corrected chi connectivity index (χ4v) is 5.61. The Bertz CT molecular complexity index is 3000. The zero-order valence-electron chi connectivity index (χ0n) is 42.9. The molecule has 6 N–H and O–H groups in total. The Morgan fingerprint density at radius 2 is 1.24 bits per heavy atom. The first-order valence-corrected chi connectivity index (χ1v) is 25.0. The van der Waals surface area contributed by atoms with Crippen LogP contribution in [0.15, 0.2) is 42.2 Å². The first kappa shape index (κ1) is 66.1. The van der Waals surface area contributed by atoms with Crippen LogP contribution in [0.2, 0.25) is 0 Å². The third kappa shape index (κ3) is 19.8. The Morgan fingerprint density at radius 3 is 1.67 bits per heavy atom. The number of nitrogens with zero attached hydrogens (tertiary/aromatic N) is 15. The number of aromatic nitrogens is 13. The lowest BCUT2D eigenvalue weighted by atomic mass is 10.3. The highest BCUT2D eigenvalue weighted by Gasteiger charge is 2.23. The third-order valence-corrected chi connectivity index (χ3v) is 8.86. The molecule has 442 valence electrons. The lowest BCUT2D eigenvalue weighted by Crippen LogP contribution is -2.41. The molecule has 1 unspecified atom stereocenters. The smallest absolute Gasteiger partial charge is 0.391 e. The number of alkyl halides is 1. The Kier molecular flexibility index (Phi) is 29.6. The quantitative estimate of drug-likeness (QED) is 0.0115.